The second-order valence-electron chi connectivity index (χ2n) is 6.85. The predicted octanol–water partition coefficient (Wildman–Crippen LogP) is 2.94. The molecule has 1 atom stereocenters. The quantitative estimate of drug-likeness (QED) is 0.378. The number of nitrogens with one attached hydrogen (secondary N) is 2. The van der Waals surface area contributed by atoms with Crippen LogP contribution in [0, 0.1) is 11.8 Å². The van der Waals surface area contributed by atoms with Gasteiger partial charge < -0.3 is 20.3 Å². The molecule has 1 aromatic rings. The lowest BCUT2D eigenvalue weighted by atomic mass is 10.1. The fourth-order valence-corrected chi connectivity index (χ4v) is 2.76. The Morgan fingerprint density at radius 2 is 2.04 bits per heavy atom. The van der Waals surface area contributed by atoms with Crippen molar-refractivity contribution in [3.8, 4) is 0 Å². The molecule has 1 amide bonds. The number of rotatable bonds is 6. The molecule has 1 saturated heterocycles. The van der Waals surface area contributed by atoms with Crippen LogP contribution in [0.25, 0.3) is 0 Å². The molecule has 0 saturated carbocycles. The van der Waals surface area contributed by atoms with Crippen molar-refractivity contribution in [2.45, 2.75) is 26.8 Å². The molecule has 0 radical (unpaired) electrons. The maximum absolute atomic E-state index is 11.7. The SMILES string of the molecule is CN=C(NCc1ccc(NC(=O)C(C)C)cc1)N(C)CC1CCOC1.I. The summed E-state index contributed by atoms with van der Waals surface area (Å²) in [6.45, 7) is 7.10. The summed E-state index contributed by atoms with van der Waals surface area (Å²) in [6.07, 6.45) is 1.12. The van der Waals surface area contributed by atoms with Crippen LogP contribution < -0.4 is 10.6 Å². The average molecular weight is 474 g/mol. The summed E-state index contributed by atoms with van der Waals surface area (Å²) in [5, 5.41) is 6.29. The number of amides is 1. The Hall–Kier alpha value is -1.35. The number of carbonyl (C=O) groups is 1. The van der Waals surface area contributed by atoms with E-state index >= 15 is 0 Å². The number of hydrogen-bond donors (Lipinski definition) is 2. The van der Waals surface area contributed by atoms with Gasteiger partial charge in [-0.15, -0.1) is 24.0 Å². The average Bonchev–Trinajstić information content (AvgIpc) is 3.09. The van der Waals surface area contributed by atoms with Crippen molar-refractivity contribution in [2.24, 2.45) is 16.8 Å². The van der Waals surface area contributed by atoms with Crippen molar-refractivity contribution in [2.75, 3.05) is 39.2 Å². The summed E-state index contributed by atoms with van der Waals surface area (Å²) < 4.78 is 5.44. The summed E-state index contributed by atoms with van der Waals surface area (Å²) in [7, 11) is 3.85. The molecule has 0 aromatic heterocycles. The van der Waals surface area contributed by atoms with Gasteiger partial charge >= 0.3 is 0 Å². The van der Waals surface area contributed by atoms with Gasteiger partial charge in [0.25, 0.3) is 0 Å². The van der Waals surface area contributed by atoms with Gasteiger partial charge in [0.15, 0.2) is 5.96 Å². The number of ether oxygens (including phenoxy) is 1. The van der Waals surface area contributed by atoms with Crippen LogP contribution in [-0.2, 0) is 16.1 Å². The van der Waals surface area contributed by atoms with E-state index < -0.39 is 0 Å². The first-order chi connectivity index (χ1) is 12.0. The predicted molar refractivity (Wildman–Crippen MR) is 117 cm³/mol. The Bertz CT molecular complexity index is 584. The summed E-state index contributed by atoms with van der Waals surface area (Å²) in [6, 6.07) is 7.89. The van der Waals surface area contributed by atoms with Gasteiger partial charge in [-0.2, -0.15) is 0 Å². The van der Waals surface area contributed by atoms with Crippen LogP contribution in [0.2, 0.25) is 0 Å². The number of carbonyl (C=O) groups excluding carboxylic acids is 1. The minimum absolute atomic E-state index is 0. The molecule has 26 heavy (non-hydrogen) atoms. The van der Waals surface area contributed by atoms with Crippen LogP contribution in [0.1, 0.15) is 25.8 Å². The van der Waals surface area contributed by atoms with Crippen LogP contribution in [0.5, 0.6) is 0 Å². The smallest absolute Gasteiger partial charge is 0.226 e. The zero-order chi connectivity index (χ0) is 18.2. The van der Waals surface area contributed by atoms with Crippen LogP contribution in [0.15, 0.2) is 29.3 Å². The van der Waals surface area contributed by atoms with Gasteiger partial charge in [-0.1, -0.05) is 26.0 Å². The molecule has 1 aliphatic rings. The first-order valence-electron chi connectivity index (χ1n) is 8.89. The number of hydrogen-bond acceptors (Lipinski definition) is 3. The Kier molecular flexibility index (Phi) is 9.93. The van der Waals surface area contributed by atoms with Gasteiger partial charge in [-0.25, -0.2) is 0 Å². The molecule has 0 bridgehead atoms. The number of benzene rings is 1. The molecule has 7 heteroatoms. The lowest BCUT2D eigenvalue weighted by molar-refractivity contribution is -0.118. The Labute approximate surface area is 173 Å². The van der Waals surface area contributed by atoms with E-state index in [1.807, 2.05) is 38.1 Å². The molecule has 1 heterocycles. The summed E-state index contributed by atoms with van der Waals surface area (Å²) >= 11 is 0. The fourth-order valence-electron chi connectivity index (χ4n) is 2.76. The lowest BCUT2D eigenvalue weighted by Gasteiger charge is -2.24. The minimum Gasteiger partial charge on any atom is -0.381 e. The molecule has 1 aliphatic heterocycles. The van der Waals surface area contributed by atoms with E-state index in [9.17, 15) is 4.79 Å². The Morgan fingerprint density at radius 3 is 2.58 bits per heavy atom. The molecule has 0 spiro atoms. The minimum atomic E-state index is -0.0227. The third-order valence-electron chi connectivity index (χ3n) is 4.33. The second kappa shape index (κ2) is 11.4. The molecule has 1 unspecified atom stereocenters. The zero-order valence-corrected chi connectivity index (χ0v) is 18.4. The van der Waals surface area contributed by atoms with Crippen molar-refractivity contribution in [3.05, 3.63) is 29.8 Å². The largest absolute Gasteiger partial charge is 0.381 e. The monoisotopic (exact) mass is 474 g/mol. The number of aliphatic imine (C=N–C) groups is 1. The first-order valence-corrected chi connectivity index (χ1v) is 8.89. The van der Waals surface area contributed by atoms with E-state index in [1.54, 1.807) is 7.05 Å². The van der Waals surface area contributed by atoms with E-state index in [0.29, 0.717) is 12.5 Å². The van der Waals surface area contributed by atoms with E-state index in [2.05, 4.69) is 27.6 Å². The highest BCUT2D eigenvalue weighted by Crippen LogP contribution is 2.14. The fraction of sp³-hybridized carbons (Fsp3) is 0.579. The molecule has 1 aromatic carbocycles. The molecule has 1 fully saturated rings. The second-order valence-corrected chi connectivity index (χ2v) is 6.85. The molecular formula is C19H31IN4O2. The van der Waals surface area contributed by atoms with E-state index in [0.717, 1.165) is 43.4 Å². The topological polar surface area (TPSA) is 66.0 Å². The molecule has 146 valence electrons. The van der Waals surface area contributed by atoms with Gasteiger partial charge in [0.2, 0.25) is 5.91 Å². The summed E-state index contributed by atoms with van der Waals surface area (Å²) in [4.78, 5) is 18.2. The van der Waals surface area contributed by atoms with Crippen LogP contribution in [0.3, 0.4) is 0 Å². The molecule has 6 nitrogen and oxygen atoms in total. The number of guanidine groups is 1. The van der Waals surface area contributed by atoms with Gasteiger partial charge in [0, 0.05) is 51.3 Å². The first kappa shape index (κ1) is 22.7. The highest BCUT2D eigenvalue weighted by Gasteiger charge is 2.19. The normalized spacial score (nSPS) is 17.0. The van der Waals surface area contributed by atoms with E-state index in [1.165, 1.54) is 0 Å². The number of halogens is 1. The standard InChI is InChI=1S/C19H30N4O2.HI/c1-14(2)18(24)22-17-7-5-15(6-8-17)11-21-19(20-3)23(4)12-16-9-10-25-13-16;/h5-8,14,16H,9-13H2,1-4H3,(H,20,21)(H,22,24);1H. The van der Waals surface area contributed by atoms with Gasteiger partial charge in [-0.3, -0.25) is 9.79 Å². The van der Waals surface area contributed by atoms with Crippen molar-refractivity contribution >= 4 is 41.5 Å². The Balaban J connectivity index is 0.00000338. The maximum Gasteiger partial charge on any atom is 0.226 e. The van der Waals surface area contributed by atoms with E-state index in [-0.39, 0.29) is 35.8 Å². The summed E-state index contributed by atoms with van der Waals surface area (Å²) in [5.41, 5.74) is 1.96. The van der Waals surface area contributed by atoms with Crippen LogP contribution in [0.4, 0.5) is 5.69 Å². The number of nitrogens with zero attached hydrogens (tertiary/aromatic N) is 2. The third kappa shape index (κ3) is 7.11. The number of anilines is 1. The van der Waals surface area contributed by atoms with Crippen molar-refractivity contribution in [1.82, 2.24) is 10.2 Å². The van der Waals surface area contributed by atoms with Gasteiger partial charge in [-0.05, 0) is 24.1 Å². The Morgan fingerprint density at radius 1 is 1.35 bits per heavy atom. The van der Waals surface area contributed by atoms with Crippen molar-refractivity contribution in [1.29, 1.82) is 0 Å². The highest BCUT2D eigenvalue weighted by molar-refractivity contribution is 14.0. The van der Waals surface area contributed by atoms with Crippen molar-refractivity contribution in [3.63, 3.8) is 0 Å². The third-order valence-corrected chi connectivity index (χ3v) is 4.33. The van der Waals surface area contributed by atoms with Crippen LogP contribution in [-0.4, -0.2) is 50.6 Å². The highest BCUT2D eigenvalue weighted by atomic mass is 127. The maximum atomic E-state index is 11.7. The van der Waals surface area contributed by atoms with E-state index in [4.69, 9.17) is 4.74 Å². The van der Waals surface area contributed by atoms with Gasteiger partial charge in [0.05, 0.1) is 6.61 Å². The molecule has 2 rings (SSSR count). The molecular weight excluding hydrogens is 443 g/mol. The molecule has 0 aliphatic carbocycles. The van der Waals surface area contributed by atoms with Crippen LogP contribution >= 0.6 is 24.0 Å². The lowest BCUT2D eigenvalue weighted by Crippen LogP contribution is -2.41. The van der Waals surface area contributed by atoms with Crippen molar-refractivity contribution < 1.29 is 9.53 Å². The van der Waals surface area contributed by atoms with Gasteiger partial charge in [0.1, 0.15) is 0 Å². The molecule has 2 N–H and O–H groups in total. The summed E-state index contributed by atoms with van der Waals surface area (Å²) in [5.74, 6) is 1.46. The zero-order valence-electron chi connectivity index (χ0n) is 16.1.